The molecule has 1 N–H and O–H groups in total. The SMILES string of the molecule is O=C([O-])C1=CCN(C(=O)Cc2nnc(-c3cnc(NC4Cc5ccccc5C4)nc3)o2)CC1. The molecule has 10 nitrogen and oxygen atoms in total. The quantitative estimate of drug-likeness (QED) is 0.577. The van der Waals surface area contributed by atoms with E-state index in [1.165, 1.54) is 17.2 Å². The minimum atomic E-state index is -1.19. The van der Waals surface area contributed by atoms with Crippen molar-refractivity contribution >= 4 is 17.8 Å². The summed E-state index contributed by atoms with van der Waals surface area (Å²) in [7, 11) is 0. The number of nitrogens with one attached hydrogen (secondary N) is 1. The standard InChI is InChI=1S/C23H22N6O4/c30-20(29-7-5-14(6-8-29)22(31)32)11-19-27-28-21(33-19)17-12-24-23(25-13-17)26-18-9-15-3-1-2-4-16(15)10-18/h1-5,12-13,18H,6-11H2,(H,31,32)(H,24,25,26)/p-1. The van der Waals surface area contributed by atoms with E-state index in [-0.39, 0.29) is 48.7 Å². The van der Waals surface area contributed by atoms with E-state index < -0.39 is 5.97 Å². The first-order chi connectivity index (χ1) is 16.0. The van der Waals surface area contributed by atoms with Crippen molar-refractivity contribution in [2.45, 2.75) is 31.7 Å². The molecule has 0 saturated carbocycles. The lowest BCUT2D eigenvalue weighted by Crippen LogP contribution is -2.38. The van der Waals surface area contributed by atoms with E-state index in [2.05, 4.69) is 49.7 Å². The molecular formula is C23H21N6O4-. The highest BCUT2D eigenvalue weighted by Crippen LogP contribution is 2.24. The molecule has 10 heteroatoms. The van der Waals surface area contributed by atoms with E-state index in [0.717, 1.165) is 12.8 Å². The van der Waals surface area contributed by atoms with Crippen LogP contribution in [0.1, 0.15) is 23.4 Å². The molecule has 2 aromatic heterocycles. The highest BCUT2D eigenvalue weighted by molar-refractivity contribution is 5.86. The number of amides is 1. The number of hydrogen-bond donors (Lipinski definition) is 1. The average molecular weight is 445 g/mol. The van der Waals surface area contributed by atoms with Gasteiger partial charge < -0.3 is 24.5 Å². The van der Waals surface area contributed by atoms with Crippen molar-refractivity contribution in [1.29, 1.82) is 0 Å². The Morgan fingerprint density at radius 2 is 1.85 bits per heavy atom. The second-order valence-corrected chi connectivity index (χ2v) is 8.10. The maximum atomic E-state index is 12.5. The summed E-state index contributed by atoms with van der Waals surface area (Å²) in [6, 6.07) is 8.64. The summed E-state index contributed by atoms with van der Waals surface area (Å²) in [6.45, 7) is 0.533. The number of benzene rings is 1. The summed E-state index contributed by atoms with van der Waals surface area (Å²) in [5.74, 6) is -0.473. The van der Waals surface area contributed by atoms with Crippen LogP contribution >= 0.6 is 0 Å². The second-order valence-electron chi connectivity index (χ2n) is 8.10. The molecule has 0 radical (unpaired) electrons. The number of nitrogens with zero attached hydrogens (tertiary/aromatic N) is 5. The van der Waals surface area contributed by atoms with E-state index in [1.807, 2.05) is 0 Å². The Bertz CT molecular complexity index is 1190. The average Bonchev–Trinajstić information content (AvgIpc) is 3.46. The summed E-state index contributed by atoms with van der Waals surface area (Å²) in [5, 5.41) is 22.2. The summed E-state index contributed by atoms with van der Waals surface area (Å²) >= 11 is 0. The zero-order valence-corrected chi connectivity index (χ0v) is 17.7. The van der Waals surface area contributed by atoms with Crippen LogP contribution in [0.2, 0.25) is 0 Å². The number of aliphatic carboxylic acids is 1. The Kier molecular flexibility index (Phi) is 5.55. The largest absolute Gasteiger partial charge is 0.545 e. The third kappa shape index (κ3) is 4.59. The van der Waals surface area contributed by atoms with Gasteiger partial charge in [0.1, 0.15) is 6.42 Å². The Morgan fingerprint density at radius 3 is 2.48 bits per heavy atom. The predicted octanol–water partition coefficient (Wildman–Crippen LogP) is 0.557. The maximum Gasteiger partial charge on any atom is 0.250 e. The molecule has 1 aromatic carbocycles. The van der Waals surface area contributed by atoms with E-state index in [9.17, 15) is 14.7 Å². The molecule has 1 aliphatic heterocycles. The van der Waals surface area contributed by atoms with Crippen molar-refractivity contribution in [3.63, 3.8) is 0 Å². The molecule has 0 saturated heterocycles. The summed E-state index contributed by atoms with van der Waals surface area (Å²) in [4.78, 5) is 33.6. The highest BCUT2D eigenvalue weighted by atomic mass is 16.4. The molecule has 5 rings (SSSR count). The fraction of sp³-hybridized carbons (Fsp3) is 0.304. The molecule has 168 valence electrons. The fourth-order valence-corrected chi connectivity index (χ4v) is 4.12. The third-order valence-electron chi connectivity index (χ3n) is 5.88. The number of aromatic nitrogens is 4. The first-order valence-electron chi connectivity index (χ1n) is 10.7. The molecular weight excluding hydrogens is 424 g/mol. The van der Waals surface area contributed by atoms with Gasteiger partial charge in [0, 0.05) is 31.5 Å². The predicted molar refractivity (Wildman–Crippen MR) is 115 cm³/mol. The van der Waals surface area contributed by atoms with Crippen molar-refractivity contribution in [3.05, 3.63) is 65.3 Å². The van der Waals surface area contributed by atoms with Crippen molar-refractivity contribution in [2.75, 3.05) is 18.4 Å². The Labute approximate surface area is 189 Å². The van der Waals surface area contributed by atoms with Gasteiger partial charge in [-0.3, -0.25) is 4.79 Å². The lowest BCUT2D eigenvalue weighted by atomic mass is 10.1. The fourth-order valence-electron chi connectivity index (χ4n) is 4.12. The summed E-state index contributed by atoms with van der Waals surface area (Å²) in [5.41, 5.74) is 3.47. The molecule has 1 amide bonds. The van der Waals surface area contributed by atoms with Gasteiger partial charge in [0.15, 0.2) is 0 Å². The zero-order chi connectivity index (χ0) is 22.8. The van der Waals surface area contributed by atoms with Crippen LogP contribution in [-0.4, -0.2) is 56.1 Å². The number of rotatable bonds is 6. The van der Waals surface area contributed by atoms with Crippen LogP contribution in [-0.2, 0) is 28.9 Å². The lowest BCUT2D eigenvalue weighted by molar-refractivity contribution is -0.299. The number of carboxylic acids is 1. The maximum absolute atomic E-state index is 12.5. The van der Waals surface area contributed by atoms with E-state index >= 15 is 0 Å². The minimum Gasteiger partial charge on any atom is -0.545 e. The summed E-state index contributed by atoms with van der Waals surface area (Å²) in [6.07, 6.45) is 6.76. The smallest absolute Gasteiger partial charge is 0.250 e. The molecule has 0 spiro atoms. The first-order valence-corrected chi connectivity index (χ1v) is 10.7. The minimum absolute atomic E-state index is 0.0652. The number of carbonyl (C=O) groups excluding carboxylic acids is 2. The summed E-state index contributed by atoms with van der Waals surface area (Å²) < 4.78 is 5.62. The normalized spacial score (nSPS) is 15.8. The van der Waals surface area contributed by atoms with E-state index in [4.69, 9.17) is 4.42 Å². The molecule has 3 heterocycles. The molecule has 0 fully saturated rings. The number of carboxylic acid groups (broad SMARTS) is 1. The zero-order valence-electron chi connectivity index (χ0n) is 17.7. The Morgan fingerprint density at radius 1 is 1.12 bits per heavy atom. The van der Waals surface area contributed by atoms with Gasteiger partial charge in [0.2, 0.25) is 17.7 Å². The molecule has 3 aromatic rings. The van der Waals surface area contributed by atoms with Gasteiger partial charge in [-0.2, -0.15) is 0 Å². The number of fused-ring (bicyclic) bond motifs is 1. The van der Waals surface area contributed by atoms with Crippen LogP contribution in [0.15, 0.2) is 52.7 Å². The molecule has 1 aliphatic carbocycles. The van der Waals surface area contributed by atoms with Gasteiger partial charge in [0.25, 0.3) is 5.89 Å². The van der Waals surface area contributed by atoms with E-state index in [1.54, 1.807) is 17.3 Å². The highest BCUT2D eigenvalue weighted by Gasteiger charge is 2.22. The van der Waals surface area contributed by atoms with Gasteiger partial charge >= 0.3 is 0 Å². The lowest BCUT2D eigenvalue weighted by Gasteiger charge is -2.26. The Hall–Kier alpha value is -4.08. The van der Waals surface area contributed by atoms with Gasteiger partial charge in [-0.1, -0.05) is 30.3 Å². The topological polar surface area (TPSA) is 137 Å². The van der Waals surface area contributed by atoms with Gasteiger partial charge in [-0.25, -0.2) is 9.97 Å². The van der Waals surface area contributed by atoms with Crippen LogP contribution in [0, 0.1) is 0 Å². The van der Waals surface area contributed by atoms with Crippen LogP contribution in [0.5, 0.6) is 0 Å². The van der Waals surface area contributed by atoms with Crippen molar-refractivity contribution in [1.82, 2.24) is 25.1 Å². The molecule has 0 bridgehead atoms. The van der Waals surface area contributed by atoms with Crippen molar-refractivity contribution < 1.29 is 19.1 Å². The van der Waals surface area contributed by atoms with Crippen LogP contribution in [0.25, 0.3) is 11.5 Å². The van der Waals surface area contributed by atoms with Gasteiger partial charge in [-0.15, -0.1) is 10.2 Å². The van der Waals surface area contributed by atoms with Crippen LogP contribution < -0.4 is 10.4 Å². The molecule has 0 unspecified atom stereocenters. The number of hydrogen-bond acceptors (Lipinski definition) is 9. The monoisotopic (exact) mass is 445 g/mol. The molecule has 0 atom stereocenters. The van der Waals surface area contributed by atoms with E-state index in [0.29, 0.717) is 18.1 Å². The number of carbonyl (C=O) groups is 2. The molecule has 2 aliphatic rings. The van der Waals surface area contributed by atoms with Crippen molar-refractivity contribution in [3.8, 4) is 11.5 Å². The van der Waals surface area contributed by atoms with Crippen molar-refractivity contribution in [2.24, 2.45) is 0 Å². The Balaban J connectivity index is 1.17. The van der Waals surface area contributed by atoms with Gasteiger partial charge in [0.05, 0.1) is 11.5 Å². The molecule has 33 heavy (non-hydrogen) atoms. The van der Waals surface area contributed by atoms with Crippen LogP contribution in [0.4, 0.5) is 5.95 Å². The van der Waals surface area contributed by atoms with Gasteiger partial charge in [-0.05, 0) is 36.0 Å². The first kappa shape index (κ1) is 20.8. The third-order valence-corrected chi connectivity index (χ3v) is 5.88. The second kappa shape index (κ2) is 8.81. The van der Waals surface area contributed by atoms with Crippen LogP contribution in [0.3, 0.4) is 0 Å². The number of anilines is 1.